The minimum absolute atomic E-state index is 0. The van der Waals surface area contributed by atoms with Crippen LogP contribution in [0.25, 0.3) is 0 Å². The van der Waals surface area contributed by atoms with Gasteiger partial charge in [-0.15, -0.1) is 35.3 Å². The number of halogens is 2. The summed E-state index contributed by atoms with van der Waals surface area (Å²) in [5.74, 6) is 0.0573. The van der Waals surface area contributed by atoms with Crippen LogP contribution in [-0.4, -0.2) is 37.1 Å². The first-order valence-electron chi connectivity index (χ1n) is 8.80. The molecule has 154 valence electrons. The smallest absolute Gasteiger partial charge is 0.350 e. The van der Waals surface area contributed by atoms with Crippen LogP contribution in [-0.2, 0) is 11.2 Å². The minimum atomic E-state index is -0.340. The van der Waals surface area contributed by atoms with Gasteiger partial charge in [-0.3, -0.25) is 4.99 Å². The van der Waals surface area contributed by atoms with E-state index in [1.165, 1.54) is 23.5 Å². The second kappa shape index (κ2) is 11.9. The summed E-state index contributed by atoms with van der Waals surface area (Å²) < 4.78 is 18.0. The average Bonchev–Trinajstić information content (AvgIpc) is 3.04. The second-order valence-electron chi connectivity index (χ2n) is 5.93. The zero-order valence-electron chi connectivity index (χ0n) is 16.4. The fraction of sp³-hybridized carbons (Fsp3) is 0.421. The Morgan fingerprint density at radius 2 is 2.04 bits per heavy atom. The van der Waals surface area contributed by atoms with E-state index in [1.807, 2.05) is 6.92 Å². The maximum atomic E-state index is 12.9. The van der Waals surface area contributed by atoms with Crippen molar-refractivity contribution in [2.75, 3.05) is 20.2 Å². The highest BCUT2D eigenvalue weighted by atomic mass is 127. The Morgan fingerprint density at radius 3 is 2.64 bits per heavy atom. The van der Waals surface area contributed by atoms with Crippen molar-refractivity contribution in [3.05, 3.63) is 51.2 Å². The molecule has 0 spiro atoms. The molecular weight excluding hydrogens is 494 g/mol. The topological polar surface area (TPSA) is 75.6 Å². The molecular formula is C19H26FIN4O2S. The molecule has 6 nitrogen and oxygen atoms in total. The predicted molar refractivity (Wildman–Crippen MR) is 121 cm³/mol. The summed E-state index contributed by atoms with van der Waals surface area (Å²) in [4.78, 5) is 21.2. The first-order chi connectivity index (χ1) is 12.9. The number of aliphatic imine (C=N–C) groups is 1. The highest BCUT2D eigenvalue weighted by Crippen LogP contribution is 2.24. The molecule has 0 radical (unpaired) electrons. The number of hydrogen-bond acceptors (Lipinski definition) is 5. The van der Waals surface area contributed by atoms with Gasteiger partial charge in [0.2, 0.25) is 0 Å². The van der Waals surface area contributed by atoms with Crippen molar-refractivity contribution in [2.24, 2.45) is 4.99 Å². The van der Waals surface area contributed by atoms with E-state index in [1.54, 1.807) is 33.0 Å². The fourth-order valence-corrected chi connectivity index (χ4v) is 3.39. The van der Waals surface area contributed by atoms with Gasteiger partial charge in [0.1, 0.15) is 15.7 Å². The molecule has 0 aliphatic carbocycles. The van der Waals surface area contributed by atoms with Gasteiger partial charge in [-0.2, -0.15) is 0 Å². The molecule has 1 unspecified atom stereocenters. The highest BCUT2D eigenvalue weighted by molar-refractivity contribution is 14.0. The molecule has 1 aromatic heterocycles. The van der Waals surface area contributed by atoms with Crippen molar-refractivity contribution < 1.29 is 13.9 Å². The third-order valence-electron chi connectivity index (χ3n) is 3.84. The van der Waals surface area contributed by atoms with Gasteiger partial charge in [-0.25, -0.2) is 14.2 Å². The number of carbonyl (C=O) groups excluding carboxylic acids is 1. The molecule has 2 rings (SSSR count). The molecule has 0 fully saturated rings. The van der Waals surface area contributed by atoms with E-state index in [-0.39, 0.29) is 41.8 Å². The largest absolute Gasteiger partial charge is 0.462 e. The Morgan fingerprint density at radius 1 is 1.36 bits per heavy atom. The van der Waals surface area contributed by atoms with Crippen LogP contribution >= 0.6 is 35.3 Å². The van der Waals surface area contributed by atoms with Crippen LogP contribution in [0.15, 0.2) is 29.3 Å². The molecule has 0 saturated carbocycles. The molecule has 2 N–H and O–H groups in total. The maximum absolute atomic E-state index is 12.9. The predicted octanol–water partition coefficient (Wildman–Crippen LogP) is 3.85. The van der Waals surface area contributed by atoms with Crippen LogP contribution in [0.1, 0.15) is 45.8 Å². The summed E-state index contributed by atoms with van der Waals surface area (Å²) in [6.45, 7) is 6.53. The Bertz CT molecular complexity index is 796. The van der Waals surface area contributed by atoms with Gasteiger partial charge in [-0.05, 0) is 44.9 Å². The molecule has 9 heteroatoms. The van der Waals surface area contributed by atoms with Crippen molar-refractivity contribution in [2.45, 2.75) is 33.2 Å². The lowest BCUT2D eigenvalue weighted by molar-refractivity contribution is 0.0531. The van der Waals surface area contributed by atoms with E-state index >= 15 is 0 Å². The van der Waals surface area contributed by atoms with Gasteiger partial charge in [0.25, 0.3) is 0 Å². The molecule has 1 atom stereocenters. The van der Waals surface area contributed by atoms with Crippen molar-refractivity contribution in [1.29, 1.82) is 0 Å². The van der Waals surface area contributed by atoms with E-state index in [2.05, 4.69) is 20.6 Å². The first kappa shape index (κ1) is 24.3. The number of rotatable bonds is 7. The molecule has 0 saturated heterocycles. The Balaban J connectivity index is 0.00000392. The SMILES string of the molecule is CCOC(=O)c1sc(C(C)NC(=NC)NCCc2ccc(F)cc2)nc1C.I. The van der Waals surface area contributed by atoms with Crippen LogP contribution in [0.4, 0.5) is 4.39 Å². The fourth-order valence-electron chi connectivity index (χ4n) is 2.43. The molecule has 1 heterocycles. The first-order valence-corrected chi connectivity index (χ1v) is 9.62. The maximum Gasteiger partial charge on any atom is 0.350 e. The summed E-state index contributed by atoms with van der Waals surface area (Å²) in [5, 5.41) is 7.28. The monoisotopic (exact) mass is 520 g/mol. The normalized spacial score (nSPS) is 12.1. The number of esters is 1. The molecule has 1 aromatic carbocycles. The minimum Gasteiger partial charge on any atom is -0.462 e. The van der Waals surface area contributed by atoms with Gasteiger partial charge >= 0.3 is 5.97 Å². The lowest BCUT2D eigenvalue weighted by Gasteiger charge is -2.16. The number of ether oxygens (including phenoxy) is 1. The van der Waals surface area contributed by atoms with E-state index < -0.39 is 0 Å². The number of benzene rings is 1. The van der Waals surface area contributed by atoms with Gasteiger partial charge in [-0.1, -0.05) is 12.1 Å². The zero-order valence-corrected chi connectivity index (χ0v) is 19.6. The Hall–Kier alpha value is -1.75. The number of carbonyl (C=O) groups is 1. The van der Waals surface area contributed by atoms with Crippen LogP contribution in [0.3, 0.4) is 0 Å². The third-order valence-corrected chi connectivity index (χ3v) is 5.16. The molecule has 0 aliphatic heterocycles. The molecule has 2 aromatic rings. The number of nitrogens with one attached hydrogen (secondary N) is 2. The summed E-state index contributed by atoms with van der Waals surface area (Å²) in [6.07, 6.45) is 0.749. The molecule has 28 heavy (non-hydrogen) atoms. The number of hydrogen-bond donors (Lipinski definition) is 2. The van der Waals surface area contributed by atoms with E-state index in [9.17, 15) is 9.18 Å². The van der Waals surface area contributed by atoms with Crippen LogP contribution in [0, 0.1) is 12.7 Å². The zero-order chi connectivity index (χ0) is 19.8. The van der Waals surface area contributed by atoms with Crippen LogP contribution in [0.2, 0.25) is 0 Å². The average molecular weight is 520 g/mol. The third kappa shape index (κ3) is 7.01. The summed E-state index contributed by atoms with van der Waals surface area (Å²) in [5.41, 5.74) is 1.71. The molecule has 0 bridgehead atoms. The van der Waals surface area contributed by atoms with Gasteiger partial charge in [0.05, 0.1) is 18.3 Å². The Labute approximate surface area is 186 Å². The quantitative estimate of drug-likeness (QED) is 0.251. The van der Waals surface area contributed by atoms with E-state index in [0.29, 0.717) is 29.7 Å². The van der Waals surface area contributed by atoms with Crippen molar-refractivity contribution in [3.8, 4) is 0 Å². The number of thiazole rings is 1. The summed E-state index contributed by atoms with van der Waals surface area (Å²) in [7, 11) is 1.69. The van der Waals surface area contributed by atoms with Crippen molar-refractivity contribution in [1.82, 2.24) is 15.6 Å². The summed E-state index contributed by atoms with van der Waals surface area (Å²) >= 11 is 1.32. The lowest BCUT2D eigenvalue weighted by atomic mass is 10.1. The van der Waals surface area contributed by atoms with Gasteiger partial charge in [0, 0.05) is 13.6 Å². The standard InChI is InChI=1S/C19H25FN4O2S.HI/c1-5-26-18(25)16-12(2)23-17(27-16)13(3)24-19(21-4)22-11-10-14-6-8-15(20)9-7-14;/h6-9,13H,5,10-11H2,1-4H3,(H2,21,22,24);1H. The van der Waals surface area contributed by atoms with Gasteiger partial charge < -0.3 is 15.4 Å². The molecule has 0 amide bonds. The van der Waals surface area contributed by atoms with Crippen LogP contribution < -0.4 is 10.6 Å². The number of guanidine groups is 1. The number of aromatic nitrogens is 1. The summed E-state index contributed by atoms with van der Waals surface area (Å²) in [6, 6.07) is 6.33. The highest BCUT2D eigenvalue weighted by Gasteiger charge is 2.20. The number of aryl methyl sites for hydroxylation is 1. The van der Waals surface area contributed by atoms with Crippen molar-refractivity contribution >= 4 is 47.2 Å². The van der Waals surface area contributed by atoms with Crippen molar-refractivity contribution in [3.63, 3.8) is 0 Å². The van der Waals surface area contributed by atoms with E-state index in [4.69, 9.17) is 4.74 Å². The molecule has 0 aliphatic rings. The Kier molecular flexibility index (Phi) is 10.4. The van der Waals surface area contributed by atoms with Crippen LogP contribution in [0.5, 0.6) is 0 Å². The van der Waals surface area contributed by atoms with E-state index in [0.717, 1.165) is 17.0 Å². The number of nitrogens with zero attached hydrogens (tertiary/aromatic N) is 2. The lowest BCUT2D eigenvalue weighted by Crippen LogP contribution is -2.39. The van der Waals surface area contributed by atoms with Gasteiger partial charge in [0.15, 0.2) is 5.96 Å². The second-order valence-corrected chi connectivity index (χ2v) is 6.96.